The molecule has 3 rings (SSSR count). The number of hydrogen-bond acceptors (Lipinski definition) is 8. The Labute approximate surface area is 180 Å². The van der Waals surface area contributed by atoms with E-state index in [9.17, 15) is 4.79 Å². The fourth-order valence-electron chi connectivity index (χ4n) is 3.11. The SMILES string of the molecule is CSc1nc(NCC(C)C)c2cnn(CCNC(=O)CCc3c(C)noc3C)c2n1. The van der Waals surface area contributed by atoms with Gasteiger partial charge in [-0.3, -0.25) is 4.79 Å². The van der Waals surface area contributed by atoms with Crippen molar-refractivity contribution in [2.24, 2.45) is 5.92 Å². The van der Waals surface area contributed by atoms with Crippen LogP contribution < -0.4 is 10.6 Å². The van der Waals surface area contributed by atoms with Crippen molar-refractivity contribution in [2.45, 2.75) is 52.2 Å². The molecule has 0 spiro atoms. The van der Waals surface area contributed by atoms with E-state index >= 15 is 0 Å². The quantitative estimate of drug-likeness (QED) is 0.372. The lowest BCUT2D eigenvalue weighted by molar-refractivity contribution is -0.121. The minimum Gasteiger partial charge on any atom is -0.369 e. The molecule has 10 heteroatoms. The van der Waals surface area contributed by atoms with E-state index in [-0.39, 0.29) is 5.91 Å². The highest BCUT2D eigenvalue weighted by Crippen LogP contribution is 2.23. The van der Waals surface area contributed by atoms with E-state index in [1.54, 1.807) is 6.20 Å². The predicted molar refractivity (Wildman–Crippen MR) is 118 cm³/mol. The predicted octanol–water partition coefficient (Wildman–Crippen LogP) is 2.97. The summed E-state index contributed by atoms with van der Waals surface area (Å²) in [4.78, 5) is 21.4. The summed E-state index contributed by atoms with van der Waals surface area (Å²) in [5.74, 6) is 2.07. The number of aryl methyl sites for hydroxylation is 2. The molecule has 0 aliphatic heterocycles. The van der Waals surface area contributed by atoms with Crippen LogP contribution in [0.1, 0.15) is 37.3 Å². The number of carbonyl (C=O) groups is 1. The fraction of sp³-hybridized carbons (Fsp3) is 0.550. The van der Waals surface area contributed by atoms with Crippen molar-refractivity contribution in [3.63, 3.8) is 0 Å². The molecule has 0 atom stereocenters. The highest BCUT2D eigenvalue weighted by atomic mass is 32.2. The third kappa shape index (κ3) is 5.29. The van der Waals surface area contributed by atoms with Crippen LogP contribution in [0.3, 0.4) is 0 Å². The van der Waals surface area contributed by atoms with Gasteiger partial charge < -0.3 is 15.2 Å². The Morgan fingerprint density at radius 1 is 1.30 bits per heavy atom. The average Bonchev–Trinajstić information content (AvgIpc) is 3.27. The molecule has 162 valence electrons. The topological polar surface area (TPSA) is 111 Å². The highest BCUT2D eigenvalue weighted by molar-refractivity contribution is 7.98. The van der Waals surface area contributed by atoms with Gasteiger partial charge in [-0.25, -0.2) is 14.6 Å². The third-order valence-electron chi connectivity index (χ3n) is 4.77. The molecule has 0 fully saturated rings. The van der Waals surface area contributed by atoms with E-state index in [1.165, 1.54) is 11.8 Å². The van der Waals surface area contributed by atoms with E-state index in [4.69, 9.17) is 4.52 Å². The summed E-state index contributed by atoms with van der Waals surface area (Å²) in [6.07, 6.45) is 4.74. The van der Waals surface area contributed by atoms with E-state index < -0.39 is 0 Å². The van der Waals surface area contributed by atoms with Crippen molar-refractivity contribution in [1.29, 1.82) is 0 Å². The molecule has 30 heavy (non-hydrogen) atoms. The first-order valence-electron chi connectivity index (χ1n) is 10.1. The number of carbonyl (C=O) groups excluding carboxylic acids is 1. The monoisotopic (exact) mass is 431 g/mol. The van der Waals surface area contributed by atoms with Gasteiger partial charge in [-0.05, 0) is 32.4 Å². The maximum absolute atomic E-state index is 12.2. The van der Waals surface area contributed by atoms with Gasteiger partial charge in [-0.2, -0.15) is 5.10 Å². The lowest BCUT2D eigenvalue weighted by Crippen LogP contribution is -2.27. The number of rotatable bonds is 10. The minimum atomic E-state index is -0.00909. The van der Waals surface area contributed by atoms with Crippen LogP contribution in [0.25, 0.3) is 11.0 Å². The molecule has 0 bridgehead atoms. The Hall–Kier alpha value is -2.62. The molecular weight excluding hydrogens is 402 g/mol. The number of hydrogen-bond donors (Lipinski definition) is 2. The van der Waals surface area contributed by atoms with Gasteiger partial charge >= 0.3 is 0 Å². The number of anilines is 1. The van der Waals surface area contributed by atoms with Crippen LogP contribution in [0.4, 0.5) is 5.82 Å². The summed E-state index contributed by atoms with van der Waals surface area (Å²) >= 11 is 1.49. The molecule has 3 heterocycles. The van der Waals surface area contributed by atoms with Crippen molar-refractivity contribution >= 4 is 34.5 Å². The van der Waals surface area contributed by atoms with Gasteiger partial charge in [0.2, 0.25) is 5.91 Å². The summed E-state index contributed by atoms with van der Waals surface area (Å²) in [6.45, 7) is 9.90. The zero-order valence-corrected chi connectivity index (χ0v) is 19.0. The first kappa shape index (κ1) is 22.1. The largest absolute Gasteiger partial charge is 0.369 e. The number of thioether (sulfide) groups is 1. The van der Waals surface area contributed by atoms with E-state index in [2.05, 4.69) is 44.7 Å². The van der Waals surface area contributed by atoms with E-state index in [0.29, 0.717) is 37.0 Å². The Bertz CT molecular complexity index is 993. The number of nitrogens with zero attached hydrogens (tertiary/aromatic N) is 5. The van der Waals surface area contributed by atoms with Gasteiger partial charge in [0, 0.05) is 25.1 Å². The Kier molecular flexibility index (Phi) is 7.30. The summed E-state index contributed by atoms with van der Waals surface area (Å²) in [6, 6.07) is 0. The molecule has 3 aromatic heterocycles. The Morgan fingerprint density at radius 2 is 2.10 bits per heavy atom. The zero-order valence-electron chi connectivity index (χ0n) is 18.2. The van der Waals surface area contributed by atoms with Crippen LogP contribution >= 0.6 is 11.8 Å². The second-order valence-corrected chi connectivity index (χ2v) is 8.36. The summed E-state index contributed by atoms with van der Waals surface area (Å²) < 4.78 is 6.96. The first-order valence-corrected chi connectivity index (χ1v) is 11.3. The second kappa shape index (κ2) is 9.92. The van der Waals surface area contributed by atoms with Crippen LogP contribution in [0.15, 0.2) is 15.9 Å². The average molecular weight is 432 g/mol. The van der Waals surface area contributed by atoms with Crippen molar-refractivity contribution in [3.05, 3.63) is 23.2 Å². The first-order chi connectivity index (χ1) is 14.4. The summed E-state index contributed by atoms with van der Waals surface area (Å²) in [5.41, 5.74) is 2.62. The maximum Gasteiger partial charge on any atom is 0.220 e. The maximum atomic E-state index is 12.2. The van der Waals surface area contributed by atoms with Gasteiger partial charge in [-0.1, -0.05) is 30.8 Å². The van der Waals surface area contributed by atoms with Gasteiger partial charge in [0.05, 0.1) is 23.8 Å². The van der Waals surface area contributed by atoms with Crippen LogP contribution in [0, 0.1) is 19.8 Å². The molecule has 1 amide bonds. The molecular formula is C20H29N7O2S. The molecule has 0 saturated heterocycles. The highest BCUT2D eigenvalue weighted by Gasteiger charge is 2.14. The van der Waals surface area contributed by atoms with Crippen molar-refractivity contribution < 1.29 is 9.32 Å². The molecule has 0 aliphatic carbocycles. The van der Waals surface area contributed by atoms with Crippen LogP contribution in [-0.2, 0) is 17.8 Å². The third-order valence-corrected chi connectivity index (χ3v) is 5.31. The molecule has 0 radical (unpaired) electrons. The molecule has 0 unspecified atom stereocenters. The van der Waals surface area contributed by atoms with Gasteiger partial charge in [0.15, 0.2) is 10.8 Å². The lowest BCUT2D eigenvalue weighted by atomic mass is 10.1. The number of aromatic nitrogens is 5. The fourth-order valence-corrected chi connectivity index (χ4v) is 3.47. The number of nitrogens with one attached hydrogen (secondary N) is 2. The van der Waals surface area contributed by atoms with Gasteiger partial charge in [0.1, 0.15) is 11.6 Å². The van der Waals surface area contributed by atoms with E-state index in [0.717, 1.165) is 40.4 Å². The number of fused-ring (bicyclic) bond motifs is 1. The zero-order chi connectivity index (χ0) is 21.7. The molecule has 9 nitrogen and oxygen atoms in total. The van der Waals surface area contributed by atoms with Crippen LogP contribution in [0.2, 0.25) is 0 Å². The molecule has 0 saturated carbocycles. The standard InChI is InChI=1S/C20H29N7O2S/c1-12(2)10-22-18-16-11-23-27(19(16)25-20(24-18)30-5)9-8-21-17(28)7-6-15-13(3)26-29-14(15)4/h11-12H,6-10H2,1-5H3,(H,21,28)(H,22,24,25). The molecule has 2 N–H and O–H groups in total. The van der Waals surface area contributed by atoms with Crippen LogP contribution in [-0.4, -0.2) is 50.2 Å². The lowest BCUT2D eigenvalue weighted by Gasteiger charge is -2.11. The van der Waals surface area contributed by atoms with Gasteiger partial charge in [0.25, 0.3) is 0 Å². The Balaban J connectivity index is 1.60. The molecule has 0 aromatic carbocycles. The van der Waals surface area contributed by atoms with Crippen LogP contribution in [0.5, 0.6) is 0 Å². The molecule has 3 aromatic rings. The van der Waals surface area contributed by atoms with Crippen molar-refractivity contribution in [2.75, 3.05) is 24.7 Å². The minimum absolute atomic E-state index is 0.00909. The normalized spacial score (nSPS) is 11.4. The number of amides is 1. The second-order valence-electron chi connectivity index (χ2n) is 7.59. The van der Waals surface area contributed by atoms with Crippen molar-refractivity contribution in [1.82, 2.24) is 30.2 Å². The molecule has 0 aliphatic rings. The smallest absolute Gasteiger partial charge is 0.220 e. The van der Waals surface area contributed by atoms with Crippen molar-refractivity contribution in [3.8, 4) is 0 Å². The summed E-state index contributed by atoms with van der Waals surface area (Å²) in [5, 5.41) is 16.3. The summed E-state index contributed by atoms with van der Waals surface area (Å²) in [7, 11) is 0. The van der Waals surface area contributed by atoms with Gasteiger partial charge in [-0.15, -0.1) is 0 Å². The Morgan fingerprint density at radius 3 is 2.77 bits per heavy atom. The van der Waals surface area contributed by atoms with E-state index in [1.807, 2.05) is 24.8 Å².